The topological polar surface area (TPSA) is 59.1 Å². The van der Waals surface area contributed by atoms with Gasteiger partial charge < -0.3 is 4.74 Å². The van der Waals surface area contributed by atoms with Crippen LogP contribution in [-0.4, -0.2) is 24.5 Å². The quantitative estimate of drug-likeness (QED) is 0.333. The molecule has 0 spiro atoms. The number of fused-ring (bicyclic) bond motifs is 1. The summed E-state index contributed by atoms with van der Waals surface area (Å²) in [5.41, 5.74) is 1.36. The van der Waals surface area contributed by atoms with Crippen molar-refractivity contribution in [2.75, 3.05) is 16.6 Å². The lowest BCUT2D eigenvalue weighted by atomic mass is 9.95. The predicted molar refractivity (Wildman–Crippen MR) is 128 cm³/mol. The average Bonchev–Trinajstić information content (AvgIpc) is 3.55. The van der Waals surface area contributed by atoms with Gasteiger partial charge in [0.2, 0.25) is 5.91 Å². The molecule has 2 aliphatic rings. The number of para-hydroxylation sites is 1. The Labute approximate surface area is 197 Å². The summed E-state index contributed by atoms with van der Waals surface area (Å²) in [6.07, 6.45) is 2.42. The lowest BCUT2D eigenvalue weighted by Gasteiger charge is -2.27. The molecule has 0 N–H and O–H groups in total. The number of benzene rings is 2. The smallest absolute Gasteiger partial charge is 0.266 e. The maximum atomic E-state index is 13.6. The molecule has 0 radical (unpaired) electrons. The number of nitrogens with zero attached hydrogens (tertiary/aromatic N) is 2. The summed E-state index contributed by atoms with van der Waals surface area (Å²) < 4.78 is 5.76. The van der Waals surface area contributed by atoms with Gasteiger partial charge >= 0.3 is 0 Å². The van der Waals surface area contributed by atoms with Gasteiger partial charge in [-0.1, -0.05) is 44.0 Å². The molecule has 7 heteroatoms. The highest BCUT2D eigenvalue weighted by molar-refractivity contribution is 7.10. The highest BCUT2D eigenvalue weighted by Gasteiger charge is 2.60. The van der Waals surface area contributed by atoms with Gasteiger partial charge in [0, 0.05) is 4.88 Å². The number of hydroxylamine groups is 1. The zero-order chi connectivity index (χ0) is 22.8. The molecule has 2 aliphatic heterocycles. The average molecular weight is 463 g/mol. The Bertz CT molecular complexity index is 1100. The SMILES string of the molecule is CCCCCOc1ccc(N2C(=O)[C@H]3[C@@H](c4cccs4)N(c4ccccc4)O[C@H]3C2=O)cc1. The van der Waals surface area contributed by atoms with Gasteiger partial charge in [-0.15, -0.1) is 11.3 Å². The van der Waals surface area contributed by atoms with Gasteiger partial charge in [0.25, 0.3) is 5.91 Å². The largest absolute Gasteiger partial charge is 0.494 e. The normalized spacial score (nSPS) is 22.2. The number of thiophene rings is 1. The van der Waals surface area contributed by atoms with Crippen LogP contribution in [0.2, 0.25) is 0 Å². The Balaban J connectivity index is 1.39. The van der Waals surface area contributed by atoms with E-state index >= 15 is 0 Å². The van der Waals surface area contributed by atoms with Crippen LogP contribution in [0, 0.1) is 5.92 Å². The maximum Gasteiger partial charge on any atom is 0.266 e. The van der Waals surface area contributed by atoms with Crippen LogP contribution >= 0.6 is 11.3 Å². The van der Waals surface area contributed by atoms with Crippen molar-refractivity contribution in [1.82, 2.24) is 0 Å². The highest BCUT2D eigenvalue weighted by Crippen LogP contribution is 2.48. The predicted octanol–water partition coefficient (Wildman–Crippen LogP) is 5.37. The molecule has 33 heavy (non-hydrogen) atoms. The fourth-order valence-corrected chi connectivity index (χ4v) is 5.30. The van der Waals surface area contributed by atoms with E-state index in [1.807, 2.05) is 60.0 Å². The molecule has 1 aromatic heterocycles. The molecule has 2 aromatic carbocycles. The summed E-state index contributed by atoms with van der Waals surface area (Å²) in [4.78, 5) is 35.3. The van der Waals surface area contributed by atoms with Gasteiger partial charge in [0.05, 0.1) is 18.0 Å². The van der Waals surface area contributed by atoms with Crippen molar-refractivity contribution in [3.8, 4) is 5.75 Å². The molecule has 2 saturated heterocycles. The van der Waals surface area contributed by atoms with E-state index in [0.29, 0.717) is 12.3 Å². The molecule has 2 fully saturated rings. The molecule has 170 valence electrons. The van der Waals surface area contributed by atoms with Crippen molar-refractivity contribution >= 4 is 34.5 Å². The first kappa shape index (κ1) is 21.7. The Kier molecular flexibility index (Phi) is 6.15. The zero-order valence-corrected chi connectivity index (χ0v) is 19.2. The minimum Gasteiger partial charge on any atom is -0.494 e. The third-order valence-corrected chi connectivity index (χ3v) is 7.02. The summed E-state index contributed by atoms with van der Waals surface area (Å²) in [7, 11) is 0. The number of anilines is 2. The van der Waals surface area contributed by atoms with E-state index < -0.39 is 12.0 Å². The third-order valence-electron chi connectivity index (χ3n) is 6.07. The van der Waals surface area contributed by atoms with Crippen molar-refractivity contribution < 1.29 is 19.2 Å². The molecule has 0 saturated carbocycles. The van der Waals surface area contributed by atoms with Gasteiger partial charge in [-0.2, -0.15) is 0 Å². The van der Waals surface area contributed by atoms with Crippen LogP contribution < -0.4 is 14.7 Å². The van der Waals surface area contributed by atoms with Gasteiger partial charge in [-0.05, 0) is 54.3 Å². The van der Waals surface area contributed by atoms with Crippen LogP contribution in [0.3, 0.4) is 0 Å². The number of carbonyl (C=O) groups is 2. The summed E-state index contributed by atoms with van der Waals surface area (Å²) >= 11 is 1.56. The fourth-order valence-electron chi connectivity index (χ4n) is 4.45. The number of ether oxygens (including phenoxy) is 1. The molecular formula is C26H26N2O4S. The Morgan fingerprint density at radius 2 is 1.70 bits per heavy atom. The Morgan fingerprint density at radius 1 is 0.909 bits per heavy atom. The van der Waals surface area contributed by atoms with E-state index in [9.17, 15) is 9.59 Å². The standard InChI is InChI=1S/C26H26N2O4S/c1-2-3-7-16-31-20-14-12-18(13-15-20)27-25(29)22-23(21-11-8-17-33-21)28(32-24(22)26(27)30)19-9-5-4-6-10-19/h4-6,8-15,17,22-24H,2-3,7,16H2,1H3/t22-,23+,24+/m0/s1. The monoisotopic (exact) mass is 462 g/mol. The van der Waals surface area contributed by atoms with Gasteiger partial charge in [0.15, 0.2) is 6.10 Å². The van der Waals surface area contributed by atoms with E-state index in [1.54, 1.807) is 28.5 Å². The van der Waals surface area contributed by atoms with Crippen molar-refractivity contribution in [3.05, 3.63) is 77.0 Å². The highest BCUT2D eigenvalue weighted by atomic mass is 32.1. The number of imide groups is 1. The molecule has 3 atom stereocenters. The van der Waals surface area contributed by atoms with Gasteiger partial charge in [-0.3, -0.25) is 14.4 Å². The first-order chi connectivity index (χ1) is 16.2. The van der Waals surface area contributed by atoms with Gasteiger partial charge in [0.1, 0.15) is 17.7 Å². The van der Waals surface area contributed by atoms with Crippen molar-refractivity contribution in [1.29, 1.82) is 0 Å². The second kappa shape index (κ2) is 9.37. The van der Waals surface area contributed by atoms with Crippen LogP contribution in [0.15, 0.2) is 72.1 Å². The van der Waals surface area contributed by atoms with E-state index in [0.717, 1.165) is 35.6 Å². The van der Waals surface area contributed by atoms with E-state index in [-0.39, 0.29) is 17.9 Å². The molecule has 6 nitrogen and oxygen atoms in total. The summed E-state index contributed by atoms with van der Waals surface area (Å²) in [5.74, 6) is -0.446. The number of amides is 2. The third kappa shape index (κ3) is 4.03. The molecule has 3 heterocycles. The summed E-state index contributed by atoms with van der Waals surface area (Å²) in [6.45, 7) is 2.81. The van der Waals surface area contributed by atoms with Crippen molar-refractivity contribution in [2.24, 2.45) is 5.92 Å². The Hall–Kier alpha value is -3.16. The van der Waals surface area contributed by atoms with E-state index in [1.165, 1.54) is 4.90 Å². The zero-order valence-electron chi connectivity index (χ0n) is 18.4. The number of rotatable bonds is 8. The van der Waals surface area contributed by atoms with Crippen LogP contribution in [0.5, 0.6) is 5.75 Å². The summed E-state index contributed by atoms with van der Waals surface area (Å²) in [6, 6.07) is 20.3. The van der Waals surface area contributed by atoms with Gasteiger partial charge in [-0.25, -0.2) is 9.96 Å². The van der Waals surface area contributed by atoms with E-state index in [4.69, 9.17) is 9.57 Å². The fraction of sp³-hybridized carbons (Fsp3) is 0.308. The molecule has 3 aromatic rings. The van der Waals surface area contributed by atoms with Crippen LogP contribution in [-0.2, 0) is 14.4 Å². The number of hydrogen-bond donors (Lipinski definition) is 0. The summed E-state index contributed by atoms with van der Waals surface area (Å²) in [5, 5.41) is 3.70. The molecule has 0 aliphatic carbocycles. The Morgan fingerprint density at radius 3 is 2.39 bits per heavy atom. The second-order valence-corrected chi connectivity index (χ2v) is 9.21. The maximum absolute atomic E-state index is 13.6. The first-order valence-corrected chi connectivity index (χ1v) is 12.2. The van der Waals surface area contributed by atoms with E-state index in [2.05, 4.69) is 6.92 Å². The molecular weight excluding hydrogens is 436 g/mol. The van der Waals surface area contributed by atoms with Crippen LogP contribution in [0.1, 0.15) is 37.1 Å². The molecule has 0 unspecified atom stereocenters. The van der Waals surface area contributed by atoms with Crippen LogP contribution in [0.25, 0.3) is 0 Å². The van der Waals surface area contributed by atoms with Crippen molar-refractivity contribution in [3.63, 3.8) is 0 Å². The number of unbranched alkanes of at least 4 members (excludes halogenated alkanes) is 2. The minimum absolute atomic E-state index is 0.238. The first-order valence-electron chi connectivity index (χ1n) is 11.3. The number of carbonyl (C=O) groups excluding carboxylic acids is 2. The number of hydrogen-bond acceptors (Lipinski definition) is 6. The van der Waals surface area contributed by atoms with Crippen LogP contribution in [0.4, 0.5) is 11.4 Å². The minimum atomic E-state index is -0.852. The lowest BCUT2D eigenvalue weighted by Crippen LogP contribution is -2.37. The molecule has 5 rings (SSSR count). The molecule has 0 bridgehead atoms. The molecule has 2 amide bonds. The lowest BCUT2D eigenvalue weighted by molar-refractivity contribution is -0.126. The van der Waals surface area contributed by atoms with Crippen molar-refractivity contribution in [2.45, 2.75) is 38.3 Å². The second-order valence-electron chi connectivity index (χ2n) is 8.23.